The first-order valence-electron chi connectivity index (χ1n) is 4.77. The van der Waals surface area contributed by atoms with Crippen molar-refractivity contribution in [2.45, 2.75) is 53.6 Å². The molecule has 0 N–H and O–H groups in total. The van der Waals surface area contributed by atoms with Gasteiger partial charge in [0, 0.05) is 6.42 Å². The zero-order valence-corrected chi connectivity index (χ0v) is 9.93. The van der Waals surface area contributed by atoms with Gasteiger partial charge in [-0.05, 0) is 26.2 Å². The molecule has 0 radical (unpaired) electrons. The number of ketones is 1. The fourth-order valence-electron chi connectivity index (χ4n) is 0.889. The van der Waals surface area contributed by atoms with Crippen LogP contribution in [0.25, 0.3) is 0 Å². The van der Waals surface area contributed by atoms with Gasteiger partial charge in [-0.2, -0.15) is 0 Å². The lowest BCUT2D eigenvalue weighted by molar-refractivity contribution is -0.163. The standard InChI is InChI=1S/C11H20O3/c1-10(2,3)7-8(12)9(13)14-11(4,5)6/h7H2,1-6H3. The summed E-state index contributed by atoms with van der Waals surface area (Å²) in [5.74, 6) is -1.18. The summed E-state index contributed by atoms with van der Waals surface area (Å²) in [7, 11) is 0. The van der Waals surface area contributed by atoms with E-state index in [4.69, 9.17) is 4.74 Å². The summed E-state index contributed by atoms with van der Waals surface area (Å²) in [6, 6.07) is 0. The van der Waals surface area contributed by atoms with Crippen molar-refractivity contribution in [1.82, 2.24) is 0 Å². The normalized spacial score (nSPS) is 12.4. The van der Waals surface area contributed by atoms with E-state index in [1.165, 1.54) is 0 Å². The number of carbonyl (C=O) groups is 2. The molecule has 14 heavy (non-hydrogen) atoms. The topological polar surface area (TPSA) is 43.4 Å². The quantitative estimate of drug-likeness (QED) is 0.507. The smallest absolute Gasteiger partial charge is 0.375 e. The van der Waals surface area contributed by atoms with Crippen molar-refractivity contribution >= 4 is 11.8 Å². The molecule has 0 aliphatic carbocycles. The number of carbonyl (C=O) groups excluding carboxylic acids is 2. The largest absolute Gasteiger partial charge is 0.454 e. The molecule has 0 aromatic carbocycles. The average molecular weight is 200 g/mol. The molecule has 0 aromatic heterocycles. The highest BCUT2D eigenvalue weighted by Crippen LogP contribution is 2.19. The first-order chi connectivity index (χ1) is 6.01. The third kappa shape index (κ3) is 6.63. The molecule has 3 nitrogen and oxygen atoms in total. The number of hydrogen-bond donors (Lipinski definition) is 0. The van der Waals surface area contributed by atoms with Gasteiger partial charge in [-0.25, -0.2) is 4.79 Å². The van der Waals surface area contributed by atoms with Crippen molar-refractivity contribution in [2.75, 3.05) is 0 Å². The van der Waals surface area contributed by atoms with Crippen LogP contribution >= 0.6 is 0 Å². The van der Waals surface area contributed by atoms with E-state index in [-0.39, 0.29) is 11.8 Å². The van der Waals surface area contributed by atoms with Crippen molar-refractivity contribution in [1.29, 1.82) is 0 Å². The van der Waals surface area contributed by atoms with Crippen molar-refractivity contribution in [3.63, 3.8) is 0 Å². The van der Waals surface area contributed by atoms with E-state index in [1.807, 2.05) is 20.8 Å². The van der Waals surface area contributed by atoms with Gasteiger partial charge in [0.05, 0.1) is 0 Å². The lowest BCUT2D eigenvalue weighted by Crippen LogP contribution is -2.30. The first-order valence-corrected chi connectivity index (χ1v) is 4.77. The fraction of sp³-hybridized carbons (Fsp3) is 0.818. The molecule has 0 rings (SSSR count). The van der Waals surface area contributed by atoms with Gasteiger partial charge in [0.2, 0.25) is 5.78 Å². The Balaban J connectivity index is 4.22. The van der Waals surface area contributed by atoms with Crippen molar-refractivity contribution in [2.24, 2.45) is 5.41 Å². The van der Waals surface area contributed by atoms with E-state index in [1.54, 1.807) is 20.8 Å². The van der Waals surface area contributed by atoms with Gasteiger partial charge in [-0.1, -0.05) is 20.8 Å². The molecular weight excluding hydrogens is 180 g/mol. The van der Waals surface area contributed by atoms with Crippen LogP contribution in [-0.2, 0) is 14.3 Å². The van der Waals surface area contributed by atoms with Gasteiger partial charge < -0.3 is 4.74 Å². The van der Waals surface area contributed by atoms with Crippen molar-refractivity contribution < 1.29 is 14.3 Å². The van der Waals surface area contributed by atoms with Crippen LogP contribution < -0.4 is 0 Å². The summed E-state index contributed by atoms with van der Waals surface area (Å²) < 4.78 is 4.96. The maximum absolute atomic E-state index is 11.4. The van der Waals surface area contributed by atoms with Crippen molar-refractivity contribution in [3.8, 4) is 0 Å². The lowest BCUT2D eigenvalue weighted by atomic mass is 9.90. The molecule has 0 bridgehead atoms. The SMILES string of the molecule is CC(C)(C)CC(=O)C(=O)OC(C)(C)C. The number of Topliss-reactive ketones (excluding diaryl/α,β-unsaturated/α-hetero) is 1. The predicted molar refractivity (Wildman–Crippen MR) is 54.9 cm³/mol. The van der Waals surface area contributed by atoms with E-state index < -0.39 is 17.4 Å². The molecule has 0 amide bonds. The average Bonchev–Trinajstić information content (AvgIpc) is 1.78. The van der Waals surface area contributed by atoms with Gasteiger partial charge in [0.15, 0.2) is 0 Å². The highest BCUT2D eigenvalue weighted by molar-refractivity contribution is 6.33. The zero-order chi connectivity index (χ0) is 11.6. The van der Waals surface area contributed by atoms with E-state index in [2.05, 4.69) is 0 Å². The molecule has 0 aliphatic heterocycles. The molecular formula is C11H20O3. The summed E-state index contributed by atoms with van der Waals surface area (Å²) in [6.07, 6.45) is 0.224. The number of esters is 1. The van der Waals surface area contributed by atoms with Crippen LogP contribution in [-0.4, -0.2) is 17.4 Å². The Kier molecular flexibility index (Phi) is 3.86. The molecule has 3 heteroatoms. The van der Waals surface area contributed by atoms with Gasteiger partial charge in [-0.15, -0.1) is 0 Å². The van der Waals surface area contributed by atoms with E-state index in [9.17, 15) is 9.59 Å². The maximum Gasteiger partial charge on any atom is 0.375 e. The van der Waals surface area contributed by atoms with Crippen LogP contribution in [0.5, 0.6) is 0 Å². The summed E-state index contributed by atoms with van der Waals surface area (Å²) in [4.78, 5) is 22.6. The molecule has 82 valence electrons. The molecule has 0 fully saturated rings. The molecule has 0 atom stereocenters. The first kappa shape index (κ1) is 13.1. The Morgan fingerprint density at radius 1 is 1.00 bits per heavy atom. The zero-order valence-electron chi connectivity index (χ0n) is 9.93. The van der Waals surface area contributed by atoms with Crippen LogP contribution in [0, 0.1) is 5.41 Å². The monoisotopic (exact) mass is 200 g/mol. The molecule has 0 aliphatic rings. The summed E-state index contributed by atoms with van der Waals surface area (Å²) in [6.45, 7) is 11.0. The van der Waals surface area contributed by atoms with Crippen molar-refractivity contribution in [3.05, 3.63) is 0 Å². The second-order valence-electron chi connectivity index (χ2n) is 5.66. The summed E-state index contributed by atoms with van der Waals surface area (Å²) >= 11 is 0. The maximum atomic E-state index is 11.4. The van der Waals surface area contributed by atoms with Gasteiger partial charge in [0.1, 0.15) is 5.60 Å². The van der Waals surface area contributed by atoms with Gasteiger partial charge in [-0.3, -0.25) is 4.79 Å². The molecule has 0 aromatic rings. The Morgan fingerprint density at radius 3 is 1.71 bits per heavy atom. The summed E-state index contributed by atoms with van der Waals surface area (Å²) in [5, 5.41) is 0. The number of rotatable bonds is 2. The minimum Gasteiger partial charge on any atom is -0.454 e. The van der Waals surface area contributed by atoms with E-state index >= 15 is 0 Å². The summed E-state index contributed by atoms with van der Waals surface area (Å²) in [5.41, 5.74) is -0.765. The number of hydrogen-bond acceptors (Lipinski definition) is 3. The fourth-order valence-corrected chi connectivity index (χ4v) is 0.889. The van der Waals surface area contributed by atoms with Gasteiger partial charge >= 0.3 is 5.97 Å². The Morgan fingerprint density at radius 2 is 1.43 bits per heavy atom. The molecule has 0 saturated carbocycles. The van der Waals surface area contributed by atoms with Crippen LogP contribution in [0.3, 0.4) is 0 Å². The van der Waals surface area contributed by atoms with Gasteiger partial charge in [0.25, 0.3) is 0 Å². The van der Waals surface area contributed by atoms with E-state index in [0.29, 0.717) is 0 Å². The predicted octanol–water partition coefficient (Wildman–Crippen LogP) is 2.33. The van der Waals surface area contributed by atoms with E-state index in [0.717, 1.165) is 0 Å². The second-order valence-corrected chi connectivity index (χ2v) is 5.66. The Hall–Kier alpha value is -0.860. The highest BCUT2D eigenvalue weighted by Gasteiger charge is 2.26. The van der Waals surface area contributed by atoms with Crippen LogP contribution in [0.15, 0.2) is 0 Å². The number of ether oxygens (including phenoxy) is 1. The molecule has 0 saturated heterocycles. The molecule has 0 unspecified atom stereocenters. The molecule has 0 heterocycles. The minimum absolute atomic E-state index is 0.173. The second kappa shape index (κ2) is 4.11. The molecule has 0 spiro atoms. The Bertz CT molecular complexity index is 202. The highest BCUT2D eigenvalue weighted by atomic mass is 16.6. The third-order valence-electron chi connectivity index (χ3n) is 1.32. The third-order valence-corrected chi connectivity index (χ3v) is 1.32. The Labute approximate surface area is 85.8 Å². The minimum atomic E-state index is -0.729. The van der Waals surface area contributed by atoms with Crippen LogP contribution in [0.4, 0.5) is 0 Å². The lowest BCUT2D eigenvalue weighted by Gasteiger charge is -2.21. The van der Waals surface area contributed by atoms with Crippen LogP contribution in [0.1, 0.15) is 48.0 Å². The van der Waals surface area contributed by atoms with Crippen LogP contribution in [0.2, 0.25) is 0 Å².